The Labute approximate surface area is 489 Å². The molecular weight excluding hydrogens is 971 g/mol. The van der Waals surface area contributed by atoms with E-state index in [4.69, 9.17) is 0 Å². The first-order valence-corrected chi connectivity index (χ1v) is 32.9. The summed E-state index contributed by atoms with van der Waals surface area (Å²) in [6, 6.07) is 22.8. The van der Waals surface area contributed by atoms with Gasteiger partial charge in [0.2, 0.25) is 0 Å². The zero-order chi connectivity index (χ0) is 55.3. The van der Waals surface area contributed by atoms with Gasteiger partial charge in [0.05, 0.1) is 0 Å². The minimum atomic E-state index is 1.07. The van der Waals surface area contributed by atoms with Crippen molar-refractivity contribution in [3.63, 3.8) is 0 Å². The predicted molar refractivity (Wildman–Crippen MR) is 336 cm³/mol. The predicted octanol–water partition coefficient (Wildman–Crippen LogP) is 17.1. The van der Waals surface area contributed by atoms with Gasteiger partial charge >= 0.3 is 0 Å². The summed E-state index contributed by atoms with van der Waals surface area (Å²) >= 11 is 0. The third-order valence-electron chi connectivity index (χ3n) is 16.1. The Morgan fingerprint density at radius 2 is 0.362 bits per heavy atom. The average Bonchev–Trinajstić information content (AvgIpc) is 3.48. The van der Waals surface area contributed by atoms with Crippen LogP contribution in [0.4, 0.5) is 0 Å². The molecule has 0 unspecified atom stereocenters. The standard InChI is InChI=1S/C75H110N5/c1-6-16-26-36-56-76-61-42-52-72(67-76)47-32-22-12-3-8-18-28-38-58-78-63-44-54-74(69-78)49-34-24-14-5-10-20-30-40-60-80-65-45-55-75(70-80)50-35-25-15-4-9-19-29-39-59-79-64-43-53-73(68-79)48-33-23-13-2-7-17-27-37-57-77-62-41-51-71(66-77)46-31-21-11-1/h16-20,26-30,41-45,51-55,61-70H,1-15,21-25,31-40,46-50,56-60H2/q+5/b26-16-,27-17+,28-18+,29-19+,30-20+. The second kappa shape index (κ2) is 43.2. The number of rotatable bonds is 0. The zero-order valence-electron chi connectivity index (χ0n) is 50.3. The van der Waals surface area contributed by atoms with Crippen LogP contribution in [-0.4, -0.2) is 0 Å². The smallest absolute Gasteiger partial charge is 0.171 e. The number of aromatic nitrogens is 5. The maximum Gasteiger partial charge on any atom is 0.171 e. The van der Waals surface area contributed by atoms with Gasteiger partial charge in [-0.05, 0) is 159 Å². The molecular formula is C75H110N5+5. The molecule has 0 aromatic carbocycles. The van der Waals surface area contributed by atoms with Crippen molar-refractivity contribution in [1.29, 1.82) is 0 Å². The van der Waals surface area contributed by atoms with Gasteiger partial charge in [-0.25, -0.2) is 22.8 Å². The van der Waals surface area contributed by atoms with Crippen molar-refractivity contribution in [2.75, 3.05) is 0 Å². The van der Waals surface area contributed by atoms with Gasteiger partial charge in [-0.2, -0.15) is 0 Å². The maximum absolute atomic E-state index is 2.42. The van der Waals surface area contributed by atoms with E-state index in [1.807, 2.05) is 0 Å². The molecule has 0 atom stereocenters. The molecule has 0 radical (unpaired) electrons. The summed E-state index contributed by atoms with van der Waals surface area (Å²) in [6.07, 6.45) is 90.9. The molecule has 0 amide bonds. The van der Waals surface area contributed by atoms with E-state index in [0.29, 0.717) is 0 Å². The third-order valence-corrected chi connectivity index (χ3v) is 16.1. The van der Waals surface area contributed by atoms with Gasteiger partial charge < -0.3 is 0 Å². The molecule has 5 heteroatoms. The Bertz CT molecular complexity index is 2110. The summed E-state index contributed by atoms with van der Waals surface area (Å²) < 4.78 is 11.9. The van der Waals surface area contributed by atoms with Gasteiger partial charge in [0.1, 0.15) is 0 Å². The van der Waals surface area contributed by atoms with Crippen LogP contribution in [0.5, 0.6) is 0 Å². The Balaban J connectivity index is 0.860. The maximum atomic E-state index is 2.42. The average molecular weight is 1080 g/mol. The van der Waals surface area contributed by atoms with E-state index < -0.39 is 0 Å². The molecule has 6 rings (SSSR count). The molecule has 80 heavy (non-hydrogen) atoms. The SMILES string of the molecule is C1=C\CC[n+]2cccc(c2)CCCCCC/C=C/CC[n+]2cccc(c2)CCCCCC/C=C/CC[n+]2cccc(c2)CCCCCC/C=C/CC[n+]2cccc(c2)CCCCCC/C=C/CC[n+]2cccc(c2)CCCCCC/1. The van der Waals surface area contributed by atoms with Gasteiger partial charge in [-0.1, -0.05) is 125 Å². The highest BCUT2D eigenvalue weighted by Crippen LogP contribution is 2.14. The van der Waals surface area contributed by atoms with E-state index in [0.717, 1.165) is 64.8 Å². The van der Waals surface area contributed by atoms with Crippen LogP contribution in [0.2, 0.25) is 0 Å². The number of hydrogen-bond acceptors (Lipinski definition) is 0. The Morgan fingerprint density at radius 1 is 0.188 bits per heavy atom. The molecule has 0 saturated carbocycles. The lowest BCUT2D eigenvalue weighted by Gasteiger charge is -2.02. The van der Waals surface area contributed by atoms with Crippen molar-refractivity contribution in [3.8, 4) is 0 Å². The van der Waals surface area contributed by atoms with E-state index in [1.54, 1.807) is 0 Å². The first-order valence-electron chi connectivity index (χ1n) is 32.9. The molecule has 0 spiro atoms. The third kappa shape index (κ3) is 30.9. The lowest BCUT2D eigenvalue weighted by atomic mass is 10.1. The zero-order valence-corrected chi connectivity index (χ0v) is 50.3. The highest BCUT2D eigenvalue weighted by Gasteiger charge is 2.08. The number of fused-ring (bicyclic) bond motifs is 10. The van der Waals surface area contributed by atoms with Crippen molar-refractivity contribution in [2.45, 2.75) is 257 Å². The van der Waals surface area contributed by atoms with E-state index in [9.17, 15) is 0 Å². The first kappa shape index (κ1) is 63.6. The van der Waals surface area contributed by atoms with E-state index in [2.05, 4.69) is 206 Å². The van der Waals surface area contributed by atoms with Crippen molar-refractivity contribution in [1.82, 2.24) is 0 Å². The lowest BCUT2D eigenvalue weighted by molar-refractivity contribution is -0.696. The number of hydrogen-bond donors (Lipinski definition) is 0. The molecule has 0 saturated heterocycles. The van der Waals surface area contributed by atoms with Crippen LogP contribution in [0.15, 0.2) is 183 Å². The van der Waals surface area contributed by atoms with Crippen molar-refractivity contribution in [3.05, 3.63) is 211 Å². The lowest BCUT2D eigenvalue weighted by Crippen LogP contribution is -2.32. The number of pyridine rings is 5. The molecule has 0 fully saturated rings. The molecule has 430 valence electrons. The fourth-order valence-electron chi connectivity index (χ4n) is 11.3. The van der Waals surface area contributed by atoms with E-state index >= 15 is 0 Å². The molecule has 5 aromatic heterocycles. The topological polar surface area (TPSA) is 19.4 Å². The van der Waals surface area contributed by atoms with Crippen LogP contribution < -0.4 is 22.8 Å². The van der Waals surface area contributed by atoms with Crippen LogP contribution >= 0.6 is 0 Å². The van der Waals surface area contributed by atoms with Gasteiger partial charge in [-0.3, -0.25) is 0 Å². The molecule has 0 aliphatic carbocycles. The van der Waals surface area contributed by atoms with Crippen LogP contribution in [0.1, 0.15) is 220 Å². The minimum Gasteiger partial charge on any atom is -0.205 e. The summed E-state index contributed by atoms with van der Waals surface area (Å²) in [7, 11) is 0. The van der Waals surface area contributed by atoms with Crippen molar-refractivity contribution >= 4 is 0 Å². The van der Waals surface area contributed by atoms with Gasteiger partial charge in [0.15, 0.2) is 94.7 Å². The molecule has 1 aliphatic rings. The van der Waals surface area contributed by atoms with Gasteiger partial charge in [0, 0.05) is 90.3 Å². The highest BCUT2D eigenvalue weighted by molar-refractivity contribution is 5.08. The van der Waals surface area contributed by atoms with Crippen LogP contribution in [0, 0.1) is 0 Å². The second-order valence-corrected chi connectivity index (χ2v) is 23.3. The fourth-order valence-corrected chi connectivity index (χ4v) is 11.3. The summed E-state index contributed by atoms with van der Waals surface area (Å²) in [5, 5.41) is 0. The molecule has 0 N–H and O–H groups in total. The van der Waals surface area contributed by atoms with Crippen LogP contribution in [0.25, 0.3) is 0 Å². The molecule has 1 aliphatic heterocycles. The Hall–Kier alpha value is -5.55. The monoisotopic (exact) mass is 1080 g/mol. The number of nitrogens with zero attached hydrogens (tertiary/aromatic N) is 5. The summed E-state index contributed by atoms with van der Waals surface area (Å²) in [5.41, 5.74) is 7.39. The van der Waals surface area contributed by atoms with Crippen molar-refractivity contribution in [2.24, 2.45) is 0 Å². The van der Waals surface area contributed by atoms with Gasteiger partial charge in [-0.15, -0.1) is 0 Å². The molecule has 10 bridgehead atoms. The Kier molecular flexibility index (Phi) is 34.4. The summed E-state index contributed by atoms with van der Waals surface area (Å²) in [4.78, 5) is 0. The molecule has 6 heterocycles. The second-order valence-electron chi connectivity index (χ2n) is 23.3. The summed E-state index contributed by atoms with van der Waals surface area (Å²) in [6.45, 7) is 5.34. The largest absolute Gasteiger partial charge is 0.205 e. The fraction of sp³-hybridized carbons (Fsp3) is 0.533. The summed E-state index contributed by atoms with van der Waals surface area (Å²) in [5.74, 6) is 0. The quantitative estimate of drug-likeness (QED) is 0.109. The van der Waals surface area contributed by atoms with Crippen molar-refractivity contribution < 1.29 is 22.8 Å². The minimum absolute atomic E-state index is 1.07. The highest BCUT2D eigenvalue weighted by atomic mass is 14.9. The van der Waals surface area contributed by atoms with Gasteiger partial charge in [0.25, 0.3) is 0 Å². The van der Waals surface area contributed by atoms with E-state index in [1.165, 1.54) is 220 Å². The molecule has 5 aromatic rings. The molecule has 5 nitrogen and oxygen atoms in total. The number of aryl methyl sites for hydroxylation is 10. The normalized spacial score (nSPS) is 20.2. The Morgan fingerprint density at radius 3 is 0.562 bits per heavy atom. The van der Waals surface area contributed by atoms with Crippen LogP contribution in [0.3, 0.4) is 0 Å². The van der Waals surface area contributed by atoms with Crippen LogP contribution in [-0.2, 0) is 64.8 Å². The first-order chi connectivity index (χ1) is 39.7. The van der Waals surface area contributed by atoms with E-state index in [-0.39, 0.29) is 0 Å². The number of allylic oxidation sites excluding steroid dienone is 10.